The maximum absolute atomic E-state index is 13.2. The van der Waals surface area contributed by atoms with E-state index in [1.165, 1.54) is 35.1 Å². The summed E-state index contributed by atoms with van der Waals surface area (Å²) in [5.41, 5.74) is 0.710. The van der Waals surface area contributed by atoms with E-state index in [1.807, 2.05) is 27.8 Å². The highest BCUT2D eigenvalue weighted by Crippen LogP contribution is 2.33. The fourth-order valence-corrected chi connectivity index (χ4v) is 6.59. The monoisotopic (exact) mass is 484 g/mol. The molecule has 174 valence electrons. The van der Waals surface area contributed by atoms with Crippen LogP contribution in [0.2, 0.25) is 0 Å². The van der Waals surface area contributed by atoms with Crippen LogP contribution < -0.4 is 5.56 Å². The summed E-state index contributed by atoms with van der Waals surface area (Å²) in [5, 5.41) is 4.53. The molecule has 0 bridgehead atoms. The van der Waals surface area contributed by atoms with Crippen LogP contribution >= 0.6 is 22.7 Å². The summed E-state index contributed by atoms with van der Waals surface area (Å²) < 4.78 is 1.42. The Bertz CT molecular complexity index is 1180. The Morgan fingerprint density at radius 1 is 1.00 bits per heavy atom. The Morgan fingerprint density at radius 3 is 2.45 bits per heavy atom. The molecule has 0 aromatic carbocycles. The Kier molecular flexibility index (Phi) is 6.59. The van der Waals surface area contributed by atoms with Crippen molar-refractivity contribution in [1.82, 2.24) is 19.4 Å². The first kappa shape index (κ1) is 22.3. The number of thiophene rings is 2. The van der Waals surface area contributed by atoms with Gasteiger partial charge in [-0.25, -0.2) is 4.98 Å². The average molecular weight is 485 g/mol. The van der Waals surface area contributed by atoms with Gasteiger partial charge in [-0.3, -0.25) is 19.0 Å². The molecule has 2 aliphatic heterocycles. The van der Waals surface area contributed by atoms with E-state index in [2.05, 4.69) is 4.98 Å². The van der Waals surface area contributed by atoms with Gasteiger partial charge >= 0.3 is 0 Å². The molecule has 2 aliphatic rings. The molecule has 0 radical (unpaired) electrons. The lowest BCUT2D eigenvalue weighted by Crippen LogP contribution is -2.46. The van der Waals surface area contributed by atoms with Crippen molar-refractivity contribution in [1.29, 1.82) is 0 Å². The number of aromatic nitrogens is 2. The molecule has 0 N–H and O–H groups in total. The number of nitrogens with zero attached hydrogens (tertiary/aromatic N) is 4. The van der Waals surface area contributed by atoms with Gasteiger partial charge in [-0.1, -0.05) is 18.9 Å². The molecule has 0 spiro atoms. The molecule has 2 amide bonds. The molecular formula is C24H28N4O3S2. The van der Waals surface area contributed by atoms with Crippen LogP contribution in [0.25, 0.3) is 20.7 Å². The number of piperidine rings is 1. The van der Waals surface area contributed by atoms with Gasteiger partial charge in [0.1, 0.15) is 11.4 Å². The summed E-state index contributed by atoms with van der Waals surface area (Å²) in [5.74, 6) is 0.173. The second-order valence-corrected chi connectivity index (χ2v) is 10.7. The van der Waals surface area contributed by atoms with Crippen LogP contribution in [0.1, 0.15) is 38.5 Å². The summed E-state index contributed by atoms with van der Waals surface area (Å²) in [6, 6.07) is 3.95. The molecule has 33 heavy (non-hydrogen) atoms. The number of carbonyl (C=O) groups excluding carboxylic acids is 2. The summed E-state index contributed by atoms with van der Waals surface area (Å²) in [4.78, 5) is 49.0. The number of likely N-dealkylation sites (tertiary alicyclic amines) is 2. The summed E-state index contributed by atoms with van der Waals surface area (Å²) >= 11 is 3.03. The second kappa shape index (κ2) is 9.77. The third-order valence-corrected chi connectivity index (χ3v) is 8.56. The highest BCUT2D eigenvalue weighted by Gasteiger charge is 2.30. The Hall–Kier alpha value is -2.52. The summed E-state index contributed by atoms with van der Waals surface area (Å²) in [6.07, 6.45) is 7.46. The number of fused-ring (bicyclic) bond motifs is 1. The van der Waals surface area contributed by atoms with Crippen molar-refractivity contribution in [2.75, 3.05) is 26.2 Å². The lowest BCUT2D eigenvalue weighted by Gasteiger charge is -2.34. The van der Waals surface area contributed by atoms with Crippen molar-refractivity contribution in [3.63, 3.8) is 0 Å². The molecule has 0 saturated carbocycles. The first-order valence-electron chi connectivity index (χ1n) is 11.7. The fourth-order valence-electron chi connectivity index (χ4n) is 4.86. The highest BCUT2D eigenvalue weighted by molar-refractivity contribution is 7.18. The van der Waals surface area contributed by atoms with Crippen LogP contribution in [0.5, 0.6) is 0 Å². The number of amides is 2. The van der Waals surface area contributed by atoms with Gasteiger partial charge in [0.05, 0.1) is 11.7 Å². The van der Waals surface area contributed by atoms with Crippen molar-refractivity contribution in [3.05, 3.63) is 39.6 Å². The van der Waals surface area contributed by atoms with Crippen LogP contribution in [0.4, 0.5) is 0 Å². The van der Waals surface area contributed by atoms with E-state index in [1.54, 1.807) is 16.2 Å². The van der Waals surface area contributed by atoms with E-state index in [0.29, 0.717) is 36.1 Å². The molecule has 2 saturated heterocycles. The predicted octanol–water partition coefficient (Wildman–Crippen LogP) is 3.83. The van der Waals surface area contributed by atoms with Gasteiger partial charge < -0.3 is 9.80 Å². The van der Waals surface area contributed by atoms with Crippen LogP contribution in [0.15, 0.2) is 34.0 Å². The third-order valence-electron chi connectivity index (χ3n) is 6.77. The SMILES string of the molecule is O=C(Cn1cnc2scc(-c3cccs3)c2c1=O)N1CCC(C(=O)N2CCCCCC2)CC1. The zero-order chi connectivity index (χ0) is 22.8. The topological polar surface area (TPSA) is 75.5 Å². The van der Waals surface area contributed by atoms with E-state index >= 15 is 0 Å². The largest absolute Gasteiger partial charge is 0.342 e. The molecule has 0 atom stereocenters. The molecule has 2 fully saturated rings. The third kappa shape index (κ3) is 4.61. The summed E-state index contributed by atoms with van der Waals surface area (Å²) in [6.45, 7) is 2.84. The molecule has 3 aromatic rings. The molecule has 0 aliphatic carbocycles. The Balaban J connectivity index is 1.24. The molecule has 7 nitrogen and oxygen atoms in total. The van der Waals surface area contributed by atoms with Crippen LogP contribution in [0, 0.1) is 5.92 Å². The van der Waals surface area contributed by atoms with E-state index in [0.717, 1.165) is 36.4 Å². The minimum Gasteiger partial charge on any atom is -0.342 e. The summed E-state index contributed by atoms with van der Waals surface area (Å²) in [7, 11) is 0. The Morgan fingerprint density at radius 2 is 1.76 bits per heavy atom. The van der Waals surface area contributed by atoms with Gasteiger partial charge in [-0.05, 0) is 37.1 Å². The first-order valence-corrected chi connectivity index (χ1v) is 13.4. The lowest BCUT2D eigenvalue weighted by molar-refractivity contribution is -0.141. The average Bonchev–Trinajstić information content (AvgIpc) is 3.44. The number of rotatable bonds is 4. The van der Waals surface area contributed by atoms with Crippen LogP contribution in [-0.4, -0.2) is 57.3 Å². The molecule has 5 rings (SSSR count). The number of hydrogen-bond acceptors (Lipinski definition) is 6. The minimum atomic E-state index is -0.177. The molecular weight excluding hydrogens is 456 g/mol. The van der Waals surface area contributed by atoms with Gasteiger partial charge in [0.25, 0.3) is 5.56 Å². The zero-order valence-corrected chi connectivity index (χ0v) is 20.2. The number of hydrogen-bond donors (Lipinski definition) is 0. The second-order valence-electron chi connectivity index (χ2n) is 8.88. The molecule has 9 heteroatoms. The van der Waals surface area contributed by atoms with E-state index in [9.17, 15) is 14.4 Å². The van der Waals surface area contributed by atoms with Gasteiger partial charge in [-0.2, -0.15) is 0 Å². The van der Waals surface area contributed by atoms with Crippen molar-refractivity contribution in [2.24, 2.45) is 5.92 Å². The van der Waals surface area contributed by atoms with Gasteiger partial charge in [-0.15, -0.1) is 22.7 Å². The van der Waals surface area contributed by atoms with Gasteiger partial charge in [0.15, 0.2) is 0 Å². The smallest absolute Gasteiger partial charge is 0.263 e. The fraction of sp³-hybridized carbons (Fsp3) is 0.500. The maximum Gasteiger partial charge on any atom is 0.263 e. The van der Waals surface area contributed by atoms with E-state index < -0.39 is 0 Å². The van der Waals surface area contributed by atoms with Gasteiger partial charge in [0.2, 0.25) is 11.8 Å². The first-order chi connectivity index (χ1) is 16.1. The molecule has 0 unspecified atom stereocenters. The maximum atomic E-state index is 13.2. The zero-order valence-electron chi connectivity index (χ0n) is 18.6. The van der Waals surface area contributed by atoms with E-state index in [-0.39, 0.29) is 29.8 Å². The highest BCUT2D eigenvalue weighted by atomic mass is 32.1. The normalized spacial score (nSPS) is 17.9. The van der Waals surface area contributed by atoms with Crippen molar-refractivity contribution < 1.29 is 9.59 Å². The van der Waals surface area contributed by atoms with Crippen molar-refractivity contribution in [2.45, 2.75) is 45.1 Å². The lowest BCUT2D eigenvalue weighted by atomic mass is 9.95. The van der Waals surface area contributed by atoms with Crippen LogP contribution in [-0.2, 0) is 16.1 Å². The number of carbonyl (C=O) groups is 2. The predicted molar refractivity (Wildman–Crippen MR) is 132 cm³/mol. The Labute approximate surface area is 200 Å². The molecule has 3 aromatic heterocycles. The van der Waals surface area contributed by atoms with E-state index in [4.69, 9.17) is 0 Å². The van der Waals surface area contributed by atoms with Crippen LogP contribution in [0.3, 0.4) is 0 Å². The standard InChI is InChI=1S/C24H28N4O3S2/c29-20(26-11-7-17(8-12-26)23(30)27-9-3-1-2-4-10-27)14-28-16-25-22-21(24(28)31)18(15-33-22)19-6-5-13-32-19/h5-6,13,15-17H,1-4,7-12,14H2. The minimum absolute atomic E-state index is 0.00653. The quantitative estimate of drug-likeness (QED) is 0.564. The van der Waals surface area contributed by atoms with Crippen molar-refractivity contribution >= 4 is 44.7 Å². The molecule has 5 heterocycles. The van der Waals surface area contributed by atoms with Crippen molar-refractivity contribution in [3.8, 4) is 10.4 Å². The van der Waals surface area contributed by atoms with Gasteiger partial charge in [0, 0.05) is 47.9 Å².